The van der Waals surface area contributed by atoms with Crippen molar-refractivity contribution >= 4 is 23.4 Å². The fraction of sp³-hybridized carbons (Fsp3) is 0.400. The third kappa shape index (κ3) is 5.35. The summed E-state index contributed by atoms with van der Waals surface area (Å²) in [7, 11) is 0. The molecule has 0 bridgehead atoms. The predicted molar refractivity (Wildman–Crippen MR) is 151 cm³/mol. The second kappa shape index (κ2) is 11.4. The van der Waals surface area contributed by atoms with Crippen LogP contribution in [-0.4, -0.2) is 56.4 Å². The van der Waals surface area contributed by atoms with Crippen molar-refractivity contribution in [3.05, 3.63) is 91.5 Å². The van der Waals surface area contributed by atoms with Crippen LogP contribution >= 0.6 is 11.6 Å². The topological polar surface area (TPSA) is 84.6 Å². The number of piperidine rings is 1. The summed E-state index contributed by atoms with van der Waals surface area (Å²) in [6.45, 7) is 4.70. The molecule has 3 aromatic rings. The summed E-state index contributed by atoms with van der Waals surface area (Å²) >= 11 is 6.16. The number of carbonyl (C=O) groups is 2. The molecule has 0 aliphatic carbocycles. The van der Waals surface area contributed by atoms with E-state index in [1.807, 2.05) is 23.1 Å². The standard InChI is InChI=1S/C30H32ClFN4O4/c1-19(2)36-29(39)24(23-8-5-9-25(32)28(23)31)17-34(30(36)40)18-27(38)33-13-11-22(12-14-33)35-15-10-20-6-3-4-7-21(20)16-26(35)37/h3-9,17,19,22H,10-16,18H2,1-2H3. The third-order valence-corrected chi connectivity index (χ3v) is 8.29. The van der Waals surface area contributed by atoms with E-state index in [9.17, 15) is 23.6 Å². The van der Waals surface area contributed by atoms with E-state index >= 15 is 0 Å². The molecular weight excluding hydrogens is 535 g/mol. The van der Waals surface area contributed by atoms with Gasteiger partial charge >= 0.3 is 5.69 Å². The number of hydrogen-bond donors (Lipinski definition) is 0. The summed E-state index contributed by atoms with van der Waals surface area (Å²) < 4.78 is 16.4. The first-order chi connectivity index (χ1) is 19.2. The molecule has 40 heavy (non-hydrogen) atoms. The van der Waals surface area contributed by atoms with E-state index in [-0.39, 0.29) is 40.6 Å². The molecule has 210 valence electrons. The Bertz CT molecular complexity index is 1570. The van der Waals surface area contributed by atoms with Gasteiger partial charge in [-0.05, 0) is 50.3 Å². The molecule has 1 fully saturated rings. The van der Waals surface area contributed by atoms with Crippen LogP contribution in [0.4, 0.5) is 4.39 Å². The van der Waals surface area contributed by atoms with Crippen molar-refractivity contribution in [1.29, 1.82) is 0 Å². The van der Waals surface area contributed by atoms with Crippen LogP contribution in [0.5, 0.6) is 0 Å². The zero-order valence-electron chi connectivity index (χ0n) is 22.6. The lowest BCUT2D eigenvalue weighted by Gasteiger charge is -2.38. The fourth-order valence-electron chi connectivity index (χ4n) is 5.75. The smallest absolute Gasteiger partial charge is 0.331 e. The van der Waals surface area contributed by atoms with Gasteiger partial charge in [0.05, 0.1) is 17.0 Å². The molecule has 0 N–H and O–H groups in total. The van der Waals surface area contributed by atoms with Crippen molar-refractivity contribution in [3.8, 4) is 11.1 Å². The molecule has 0 spiro atoms. The molecule has 5 rings (SSSR count). The Kier molecular flexibility index (Phi) is 7.94. The highest BCUT2D eigenvalue weighted by molar-refractivity contribution is 6.33. The van der Waals surface area contributed by atoms with Crippen LogP contribution in [-0.2, 0) is 29.0 Å². The average molecular weight is 567 g/mol. The van der Waals surface area contributed by atoms with Gasteiger partial charge in [0.15, 0.2) is 0 Å². The Morgan fingerprint density at radius 3 is 2.38 bits per heavy atom. The lowest BCUT2D eigenvalue weighted by Crippen LogP contribution is -2.50. The number of carbonyl (C=O) groups excluding carboxylic acids is 2. The minimum absolute atomic E-state index is 0.0463. The molecule has 1 aromatic heterocycles. The number of rotatable bonds is 5. The van der Waals surface area contributed by atoms with Crippen LogP contribution in [0, 0.1) is 5.82 Å². The Hall–Kier alpha value is -3.72. The van der Waals surface area contributed by atoms with Crippen LogP contribution in [0.25, 0.3) is 11.1 Å². The first-order valence-corrected chi connectivity index (χ1v) is 14.0. The number of fused-ring (bicyclic) bond motifs is 1. The Morgan fingerprint density at radius 2 is 1.68 bits per heavy atom. The van der Waals surface area contributed by atoms with E-state index in [2.05, 4.69) is 6.07 Å². The van der Waals surface area contributed by atoms with Crippen molar-refractivity contribution in [1.82, 2.24) is 18.9 Å². The molecule has 3 heterocycles. The molecule has 2 aromatic carbocycles. The van der Waals surface area contributed by atoms with Gasteiger partial charge in [-0.15, -0.1) is 0 Å². The molecule has 1 saturated heterocycles. The summed E-state index contributed by atoms with van der Waals surface area (Å²) in [5, 5.41) is -0.223. The third-order valence-electron chi connectivity index (χ3n) is 7.91. The molecule has 2 aliphatic heterocycles. The van der Waals surface area contributed by atoms with Crippen LogP contribution in [0.15, 0.2) is 58.3 Å². The summed E-state index contributed by atoms with van der Waals surface area (Å²) in [4.78, 5) is 56.4. The number of amides is 2. The van der Waals surface area contributed by atoms with E-state index < -0.39 is 23.1 Å². The maximum Gasteiger partial charge on any atom is 0.331 e. The van der Waals surface area contributed by atoms with E-state index in [0.29, 0.717) is 38.9 Å². The largest absolute Gasteiger partial charge is 0.341 e. The predicted octanol–water partition coefficient (Wildman–Crippen LogP) is 3.67. The van der Waals surface area contributed by atoms with Crippen molar-refractivity contribution in [3.63, 3.8) is 0 Å². The van der Waals surface area contributed by atoms with Crippen molar-refractivity contribution < 1.29 is 14.0 Å². The second-order valence-electron chi connectivity index (χ2n) is 10.7. The maximum absolute atomic E-state index is 14.2. The first-order valence-electron chi connectivity index (χ1n) is 13.6. The monoisotopic (exact) mass is 566 g/mol. The highest BCUT2D eigenvalue weighted by Gasteiger charge is 2.31. The molecule has 0 radical (unpaired) electrons. The van der Waals surface area contributed by atoms with Crippen molar-refractivity contribution in [2.24, 2.45) is 0 Å². The zero-order chi connectivity index (χ0) is 28.6. The van der Waals surface area contributed by atoms with Crippen molar-refractivity contribution in [2.75, 3.05) is 19.6 Å². The van der Waals surface area contributed by atoms with Gasteiger partial charge in [-0.1, -0.05) is 48.0 Å². The molecular formula is C30H32ClFN4O4. The van der Waals surface area contributed by atoms with Gasteiger partial charge in [-0.2, -0.15) is 0 Å². The van der Waals surface area contributed by atoms with Crippen LogP contribution < -0.4 is 11.2 Å². The van der Waals surface area contributed by atoms with E-state index in [1.54, 1.807) is 18.7 Å². The Labute approximate surface area is 236 Å². The van der Waals surface area contributed by atoms with E-state index in [0.717, 1.165) is 16.6 Å². The highest BCUT2D eigenvalue weighted by Crippen LogP contribution is 2.28. The quantitative estimate of drug-likeness (QED) is 0.472. The molecule has 2 amide bonds. The zero-order valence-corrected chi connectivity index (χ0v) is 23.4. The SMILES string of the molecule is CC(C)n1c(=O)c(-c2cccc(F)c2Cl)cn(CC(=O)N2CCC(N3CCc4ccccc4CC3=O)CC2)c1=O. The highest BCUT2D eigenvalue weighted by atomic mass is 35.5. The fourth-order valence-corrected chi connectivity index (χ4v) is 5.98. The summed E-state index contributed by atoms with van der Waals surface area (Å²) in [5.41, 5.74) is 1.28. The minimum Gasteiger partial charge on any atom is -0.341 e. The van der Waals surface area contributed by atoms with Gasteiger partial charge in [0, 0.05) is 43.5 Å². The van der Waals surface area contributed by atoms with Gasteiger partial charge in [0.1, 0.15) is 12.4 Å². The summed E-state index contributed by atoms with van der Waals surface area (Å²) in [6.07, 6.45) is 3.80. The number of benzene rings is 2. The van der Waals surface area contributed by atoms with Gasteiger partial charge in [0.2, 0.25) is 11.8 Å². The Balaban J connectivity index is 1.32. The molecule has 10 heteroatoms. The lowest BCUT2D eigenvalue weighted by atomic mass is 10.0. The average Bonchev–Trinajstić information content (AvgIpc) is 3.10. The molecule has 0 unspecified atom stereocenters. The molecule has 8 nitrogen and oxygen atoms in total. The number of hydrogen-bond acceptors (Lipinski definition) is 4. The number of aromatic nitrogens is 2. The van der Waals surface area contributed by atoms with Crippen LogP contribution in [0.1, 0.15) is 43.9 Å². The van der Waals surface area contributed by atoms with E-state index in [1.165, 1.54) is 34.5 Å². The normalized spacial score (nSPS) is 16.3. The number of nitrogens with zero attached hydrogens (tertiary/aromatic N) is 4. The molecule has 0 atom stereocenters. The van der Waals surface area contributed by atoms with Crippen LogP contribution in [0.3, 0.4) is 0 Å². The molecule has 2 aliphatic rings. The van der Waals surface area contributed by atoms with Gasteiger partial charge in [-0.3, -0.25) is 23.5 Å². The van der Waals surface area contributed by atoms with Crippen LogP contribution in [0.2, 0.25) is 5.02 Å². The minimum atomic E-state index is -0.682. The second-order valence-corrected chi connectivity index (χ2v) is 11.1. The van der Waals surface area contributed by atoms with Gasteiger partial charge < -0.3 is 9.80 Å². The van der Waals surface area contributed by atoms with E-state index in [4.69, 9.17) is 11.6 Å². The number of halogens is 2. The summed E-state index contributed by atoms with van der Waals surface area (Å²) in [5.74, 6) is -0.834. The maximum atomic E-state index is 14.2. The summed E-state index contributed by atoms with van der Waals surface area (Å²) in [6, 6.07) is 11.7. The lowest BCUT2D eigenvalue weighted by molar-refractivity contribution is -0.136. The first kappa shape index (κ1) is 27.8. The van der Waals surface area contributed by atoms with Crippen molar-refractivity contribution in [2.45, 2.75) is 58.2 Å². The van der Waals surface area contributed by atoms with Gasteiger partial charge in [0.25, 0.3) is 5.56 Å². The van der Waals surface area contributed by atoms with Gasteiger partial charge in [-0.25, -0.2) is 9.18 Å². The number of likely N-dealkylation sites (tertiary alicyclic amines) is 1. The molecule has 0 saturated carbocycles. The Morgan fingerprint density at radius 1 is 0.975 bits per heavy atom.